The zero-order valence-electron chi connectivity index (χ0n) is 13.4. The third-order valence-corrected chi connectivity index (χ3v) is 5.50. The van der Waals surface area contributed by atoms with Crippen LogP contribution in [-0.2, 0) is 4.74 Å². The maximum atomic E-state index is 5.41. The van der Waals surface area contributed by atoms with Gasteiger partial charge in [-0.15, -0.1) is 0 Å². The van der Waals surface area contributed by atoms with Crippen molar-refractivity contribution in [1.82, 2.24) is 10.2 Å². The monoisotopic (exact) mass is 268 g/mol. The SMILES string of the molecule is CCC(C)C1CN(C(C)COC)C(C)(C2CC2)CN1. The van der Waals surface area contributed by atoms with Crippen molar-refractivity contribution in [3.05, 3.63) is 0 Å². The highest BCUT2D eigenvalue weighted by atomic mass is 16.5. The maximum Gasteiger partial charge on any atom is 0.0615 e. The van der Waals surface area contributed by atoms with Gasteiger partial charge < -0.3 is 10.1 Å². The van der Waals surface area contributed by atoms with E-state index >= 15 is 0 Å². The van der Waals surface area contributed by atoms with Crippen LogP contribution in [0.4, 0.5) is 0 Å². The summed E-state index contributed by atoms with van der Waals surface area (Å²) >= 11 is 0. The Hall–Kier alpha value is -0.120. The minimum Gasteiger partial charge on any atom is -0.383 e. The summed E-state index contributed by atoms with van der Waals surface area (Å²) in [5.74, 6) is 1.64. The molecular weight excluding hydrogens is 236 g/mol. The molecule has 1 aliphatic heterocycles. The minimum absolute atomic E-state index is 0.335. The van der Waals surface area contributed by atoms with Crippen LogP contribution in [-0.4, -0.2) is 49.3 Å². The van der Waals surface area contributed by atoms with E-state index in [9.17, 15) is 0 Å². The van der Waals surface area contributed by atoms with E-state index in [1.807, 2.05) is 7.11 Å². The predicted molar refractivity (Wildman–Crippen MR) is 80.4 cm³/mol. The van der Waals surface area contributed by atoms with Crippen molar-refractivity contribution in [2.75, 3.05) is 26.8 Å². The Labute approximate surface area is 119 Å². The molecule has 0 aromatic carbocycles. The molecule has 3 nitrogen and oxygen atoms in total. The fraction of sp³-hybridized carbons (Fsp3) is 1.00. The van der Waals surface area contributed by atoms with Crippen LogP contribution in [0.15, 0.2) is 0 Å². The van der Waals surface area contributed by atoms with Crippen molar-refractivity contribution in [3.8, 4) is 0 Å². The molecule has 2 fully saturated rings. The number of hydrogen-bond acceptors (Lipinski definition) is 3. The molecule has 1 saturated carbocycles. The summed E-state index contributed by atoms with van der Waals surface area (Å²) in [7, 11) is 1.82. The van der Waals surface area contributed by atoms with Gasteiger partial charge in [0, 0.05) is 37.8 Å². The Kier molecular flexibility index (Phi) is 4.91. The second-order valence-corrected chi connectivity index (χ2v) is 6.96. The van der Waals surface area contributed by atoms with Crippen molar-refractivity contribution in [2.24, 2.45) is 11.8 Å². The Balaban J connectivity index is 2.09. The minimum atomic E-state index is 0.335. The first-order valence-corrected chi connectivity index (χ1v) is 8.02. The van der Waals surface area contributed by atoms with E-state index in [-0.39, 0.29) is 0 Å². The average Bonchev–Trinajstić information content (AvgIpc) is 3.23. The van der Waals surface area contributed by atoms with Gasteiger partial charge in [-0.05, 0) is 38.5 Å². The molecule has 0 amide bonds. The largest absolute Gasteiger partial charge is 0.383 e. The Morgan fingerprint density at radius 1 is 1.37 bits per heavy atom. The van der Waals surface area contributed by atoms with Crippen LogP contribution in [0, 0.1) is 11.8 Å². The fourth-order valence-electron chi connectivity index (χ4n) is 3.69. The zero-order valence-corrected chi connectivity index (χ0v) is 13.4. The molecule has 0 aromatic heterocycles. The average molecular weight is 268 g/mol. The molecule has 2 aliphatic rings. The number of ether oxygens (including phenoxy) is 1. The van der Waals surface area contributed by atoms with Crippen molar-refractivity contribution >= 4 is 0 Å². The molecule has 4 unspecified atom stereocenters. The number of nitrogens with one attached hydrogen (secondary N) is 1. The van der Waals surface area contributed by atoms with Gasteiger partial charge in [0.15, 0.2) is 0 Å². The number of nitrogens with zero attached hydrogens (tertiary/aromatic N) is 1. The van der Waals surface area contributed by atoms with E-state index in [1.54, 1.807) is 0 Å². The highest BCUT2D eigenvalue weighted by Crippen LogP contribution is 2.45. The lowest BCUT2D eigenvalue weighted by Gasteiger charge is -2.52. The maximum absolute atomic E-state index is 5.41. The lowest BCUT2D eigenvalue weighted by molar-refractivity contribution is -0.0285. The molecule has 2 rings (SSSR count). The van der Waals surface area contributed by atoms with Gasteiger partial charge in [-0.25, -0.2) is 0 Å². The smallest absolute Gasteiger partial charge is 0.0615 e. The first-order valence-electron chi connectivity index (χ1n) is 8.02. The quantitative estimate of drug-likeness (QED) is 0.801. The normalized spacial score (nSPS) is 36.2. The van der Waals surface area contributed by atoms with Crippen LogP contribution < -0.4 is 5.32 Å². The molecule has 19 heavy (non-hydrogen) atoms. The van der Waals surface area contributed by atoms with Crippen molar-refractivity contribution in [2.45, 2.75) is 64.6 Å². The number of hydrogen-bond donors (Lipinski definition) is 1. The van der Waals surface area contributed by atoms with Gasteiger partial charge in [0.05, 0.1) is 6.61 Å². The molecule has 0 radical (unpaired) electrons. The first kappa shape index (κ1) is 15.3. The second-order valence-electron chi connectivity index (χ2n) is 6.96. The van der Waals surface area contributed by atoms with Crippen molar-refractivity contribution < 1.29 is 4.74 Å². The predicted octanol–water partition coefficient (Wildman–Crippen LogP) is 2.51. The summed E-state index contributed by atoms with van der Waals surface area (Å²) in [5.41, 5.74) is 0.335. The topological polar surface area (TPSA) is 24.5 Å². The van der Waals surface area contributed by atoms with Crippen molar-refractivity contribution in [3.63, 3.8) is 0 Å². The van der Waals surface area contributed by atoms with Gasteiger partial charge >= 0.3 is 0 Å². The number of rotatable bonds is 6. The fourth-order valence-corrected chi connectivity index (χ4v) is 3.69. The molecule has 0 bridgehead atoms. The van der Waals surface area contributed by atoms with Gasteiger partial charge in [-0.2, -0.15) is 0 Å². The van der Waals surface area contributed by atoms with Crippen LogP contribution in [0.25, 0.3) is 0 Å². The summed E-state index contributed by atoms with van der Waals surface area (Å²) in [5, 5.41) is 3.83. The van der Waals surface area contributed by atoms with E-state index in [4.69, 9.17) is 4.74 Å². The molecule has 1 heterocycles. The first-order chi connectivity index (χ1) is 9.02. The van der Waals surface area contributed by atoms with Gasteiger partial charge in [0.25, 0.3) is 0 Å². The summed E-state index contributed by atoms with van der Waals surface area (Å²) in [6, 6.07) is 1.15. The lowest BCUT2D eigenvalue weighted by atomic mass is 9.85. The van der Waals surface area contributed by atoms with Crippen molar-refractivity contribution in [1.29, 1.82) is 0 Å². The molecule has 3 heteroatoms. The standard InChI is InChI=1S/C16H32N2O/c1-6-12(2)15-9-18(13(3)10-19-5)16(4,11-17-15)14-7-8-14/h12-15,17H,6-11H2,1-5H3. The van der Waals surface area contributed by atoms with Crippen LogP contribution in [0.3, 0.4) is 0 Å². The highest BCUT2D eigenvalue weighted by molar-refractivity contribution is 5.06. The summed E-state index contributed by atoms with van der Waals surface area (Å²) in [6.07, 6.45) is 4.06. The molecule has 1 saturated heterocycles. The van der Waals surface area contributed by atoms with Gasteiger partial charge in [0.2, 0.25) is 0 Å². The zero-order chi connectivity index (χ0) is 14.0. The lowest BCUT2D eigenvalue weighted by Crippen LogP contribution is -2.68. The molecule has 4 atom stereocenters. The third-order valence-electron chi connectivity index (χ3n) is 5.50. The van der Waals surface area contributed by atoms with Gasteiger partial charge in [-0.1, -0.05) is 20.3 Å². The Morgan fingerprint density at radius 3 is 2.58 bits per heavy atom. The highest BCUT2D eigenvalue weighted by Gasteiger charge is 2.49. The van der Waals surface area contributed by atoms with E-state index in [0.29, 0.717) is 17.6 Å². The third kappa shape index (κ3) is 3.14. The molecular formula is C16H32N2O. The van der Waals surface area contributed by atoms with Crippen LogP contribution in [0.5, 0.6) is 0 Å². The van der Waals surface area contributed by atoms with E-state index in [1.165, 1.54) is 25.8 Å². The van der Waals surface area contributed by atoms with E-state index in [0.717, 1.165) is 25.0 Å². The van der Waals surface area contributed by atoms with Crippen LogP contribution in [0.2, 0.25) is 0 Å². The Bertz CT molecular complexity index is 292. The molecule has 0 spiro atoms. The molecule has 1 N–H and O–H groups in total. The van der Waals surface area contributed by atoms with E-state index in [2.05, 4.69) is 37.9 Å². The van der Waals surface area contributed by atoms with Gasteiger partial charge in [-0.3, -0.25) is 4.90 Å². The number of methoxy groups -OCH3 is 1. The number of piperazine rings is 1. The van der Waals surface area contributed by atoms with Gasteiger partial charge in [0.1, 0.15) is 0 Å². The van der Waals surface area contributed by atoms with Crippen LogP contribution >= 0.6 is 0 Å². The Morgan fingerprint density at radius 2 is 2.05 bits per heavy atom. The second kappa shape index (κ2) is 6.11. The molecule has 112 valence electrons. The molecule has 1 aliphatic carbocycles. The van der Waals surface area contributed by atoms with Crippen LogP contribution in [0.1, 0.15) is 47.0 Å². The summed E-state index contributed by atoms with van der Waals surface area (Å²) in [4.78, 5) is 2.74. The summed E-state index contributed by atoms with van der Waals surface area (Å²) in [6.45, 7) is 12.6. The molecule has 0 aromatic rings. The van der Waals surface area contributed by atoms with E-state index < -0.39 is 0 Å². The summed E-state index contributed by atoms with van der Waals surface area (Å²) < 4.78 is 5.41.